The Kier molecular flexibility index (Phi) is 7.48. The Morgan fingerprint density at radius 3 is 2.09 bits per heavy atom. The van der Waals surface area contributed by atoms with Gasteiger partial charge in [0.25, 0.3) is 0 Å². The van der Waals surface area contributed by atoms with E-state index in [1.807, 2.05) is 36.4 Å². The summed E-state index contributed by atoms with van der Waals surface area (Å²) in [5.41, 5.74) is 4.53. The molecule has 1 aliphatic carbocycles. The zero-order valence-electron chi connectivity index (χ0n) is 18.5. The van der Waals surface area contributed by atoms with Crippen molar-refractivity contribution in [3.63, 3.8) is 0 Å². The van der Waals surface area contributed by atoms with Gasteiger partial charge in [-0.2, -0.15) is 0 Å². The SMILES string of the molecule is C[C@H](CC(=O)NC(CN(C)C)C(=O)O)NC(=O)OCC1c2ccccc2-c2ccccc21. The Balaban J connectivity index is 1.52. The summed E-state index contributed by atoms with van der Waals surface area (Å²) in [4.78, 5) is 37.5. The van der Waals surface area contributed by atoms with Gasteiger partial charge in [0.2, 0.25) is 5.91 Å². The average Bonchev–Trinajstić information content (AvgIpc) is 3.05. The Morgan fingerprint density at radius 1 is 1.00 bits per heavy atom. The zero-order valence-corrected chi connectivity index (χ0v) is 18.5. The first-order valence-corrected chi connectivity index (χ1v) is 10.5. The Labute approximate surface area is 187 Å². The van der Waals surface area contributed by atoms with E-state index in [1.54, 1.807) is 25.9 Å². The van der Waals surface area contributed by atoms with Crippen LogP contribution in [0.3, 0.4) is 0 Å². The molecule has 0 bridgehead atoms. The molecule has 0 radical (unpaired) electrons. The first kappa shape index (κ1) is 23.3. The molecule has 32 heavy (non-hydrogen) atoms. The topological polar surface area (TPSA) is 108 Å². The van der Waals surface area contributed by atoms with Crippen molar-refractivity contribution in [2.45, 2.75) is 31.3 Å². The maximum absolute atomic E-state index is 12.3. The van der Waals surface area contributed by atoms with Crippen LogP contribution in [0.4, 0.5) is 4.79 Å². The molecule has 0 aliphatic heterocycles. The number of benzene rings is 2. The molecule has 3 rings (SSSR count). The number of amides is 2. The molecular weight excluding hydrogens is 410 g/mol. The quantitative estimate of drug-likeness (QED) is 0.554. The van der Waals surface area contributed by atoms with Crippen LogP contribution in [-0.4, -0.2) is 67.3 Å². The van der Waals surface area contributed by atoms with Crippen molar-refractivity contribution < 1.29 is 24.2 Å². The number of likely N-dealkylation sites (N-methyl/N-ethyl adjacent to an activating group) is 1. The lowest BCUT2D eigenvalue weighted by molar-refractivity contribution is -0.142. The second kappa shape index (κ2) is 10.3. The third-order valence-corrected chi connectivity index (χ3v) is 5.38. The van der Waals surface area contributed by atoms with Gasteiger partial charge in [-0.05, 0) is 43.3 Å². The lowest BCUT2D eigenvalue weighted by atomic mass is 9.98. The number of alkyl carbamates (subject to hydrolysis) is 1. The molecule has 8 nitrogen and oxygen atoms in total. The van der Waals surface area contributed by atoms with Gasteiger partial charge in [0, 0.05) is 24.9 Å². The number of hydrogen-bond donors (Lipinski definition) is 3. The van der Waals surface area contributed by atoms with E-state index in [0.29, 0.717) is 0 Å². The van der Waals surface area contributed by atoms with Crippen LogP contribution in [0.2, 0.25) is 0 Å². The van der Waals surface area contributed by atoms with Crippen LogP contribution in [0.5, 0.6) is 0 Å². The molecule has 3 N–H and O–H groups in total. The summed E-state index contributed by atoms with van der Waals surface area (Å²) in [7, 11) is 3.45. The predicted octanol–water partition coefficient (Wildman–Crippen LogP) is 2.43. The van der Waals surface area contributed by atoms with E-state index < -0.39 is 30.1 Å². The summed E-state index contributed by atoms with van der Waals surface area (Å²) >= 11 is 0. The van der Waals surface area contributed by atoms with E-state index in [0.717, 1.165) is 22.3 Å². The average molecular weight is 440 g/mol. The smallest absolute Gasteiger partial charge is 0.407 e. The fourth-order valence-corrected chi connectivity index (χ4v) is 3.97. The number of nitrogens with zero attached hydrogens (tertiary/aromatic N) is 1. The van der Waals surface area contributed by atoms with Crippen LogP contribution in [0.15, 0.2) is 48.5 Å². The van der Waals surface area contributed by atoms with Gasteiger partial charge >= 0.3 is 12.1 Å². The Morgan fingerprint density at radius 2 is 1.56 bits per heavy atom. The van der Waals surface area contributed by atoms with E-state index in [4.69, 9.17) is 4.74 Å². The highest BCUT2D eigenvalue weighted by molar-refractivity contribution is 5.84. The van der Waals surface area contributed by atoms with Crippen molar-refractivity contribution >= 4 is 18.0 Å². The summed E-state index contributed by atoms with van der Waals surface area (Å²) in [6.45, 7) is 2.03. The van der Waals surface area contributed by atoms with Gasteiger partial charge < -0.3 is 25.4 Å². The number of carboxylic acids is 1. The highest BCUT2D eigenvalue weighted by Gasteiger charge is 2.29. The van der Waals surface area contributed by atoms with Gasteiger partial charge in [-0.15, -0.1) is 0 Å². The molecule has 0 aromatic heterocycles. The van der Waals surface area contributed by atoms with Gasteiger partial charge in [0.1, 0.15) is 12.6 Å². The van der Waals surface area contributed by atoms with Crippen molar-refractivity contribution in [2.24, 2.45) is 0 Å². The van der Waals surface area contributed by atoms with Crippen molar-refractivity contribution in [1.29, 1.82) is 0 Å². The van der Waals surface area contributed by atoms with Gasteiger partial charge in [-0.1, -0.05) is 48.5 Å². The number of carboxylic acid groups (broad SMARTS) is 1. The molecule has 2 atom stereocenters. The number of ether oxygens (including phenoxy) is 1. The number of rotatable bonds is 9. The third-order valence-electron chi connectivity index (χ3n) is 5.38. The number of carbonyl (C=O) groups is 3. The Hall–Kier alpha value is -3.39. The maximum Gasteiger partial charge on any atom is 0.407 e. The molecule has 1 unspecified atom stereocenters. The fourth-order valence-electron chi connectivity index (χ4n) is 3.97. The highest BCUT2D eigenvalue weighted by Crippen LogP contribution is 2.44. The van der Waals surface area contributed by atoms with E-state index in [9.17, 15) is 19.5 Å². The van der Waals surface area contributed by atoms with Crippen molar-refractivity contribution in [3.05, 3.63) is 59.7 Å². The lowest BCUT2D eigenvalue weighted by Gasteiger charge is -2.20. The molecule has 0 fully saturated rings. The normalized spacial score (nSPS) is 14.2. The van der Waals surface area contributed by atoms with E-state index >= 15 is 0 Å². The minimum Gasteiger partial charge on any atom is -0.480 e. The molecule has 0 saturated carbocycles. The van der Waals surface area contributed by atoms with E-state index in [-0.39, 0.29) is 25.5 Å². The van der Waals surface area contributed by atoms with Gasteiger partial charge in [-0.25, -0.2) is 9.59 Å². The summed E-state index contributed by atoms with van der Waals surface area (Å²) in [5.74, 6) is -1.61. The van der Waals surface area contributed by atoms with Crippen molar-refractivity contribution in [1.82, 2.24) is 15.5 Å². The fraction of sp³-hybridized carbons (Fsp3) is 0.375. The molecule has 2 amide bonds. The lowest BCUT2D eigenvalue weighted by Crippen LogP contribution is -2.48. The predicted molar refractivity (Wildman–Crippen MR) is 120 cm³/mol. The summed E-state index contributed by atoms with van der Waals surface area (Å²) in [5, 5.41) is 14.4. The number of carbonyl (C=O) groups excluding carboxylic acids is 2. The first-order chi connectivity index (χ1) is 15.3. The second-order valence-corrected chi connectivity index (χ2v) is 8.30. The van der Waals surface area contributed by atoms with Crippen LogP contribution in [0, 0.1) is 0 Å². The zero-order chi connectivity index (χ0) is 23.3. The Bertz CT molecular complexity index is 946. The molecular formula is C24H29N3O5. The molecule has 8 heteroatoms. The van der Waals surface area contributed by atoms with Gasteiger partial charge in [0.15, 0.2) is 0 Å². The van der Waals surface area contributed by atoms with Crippen molar-refractivity contribution in [3.8, 4) is 11.1 Å². The third kappa shape index (κ3) is 5.64. The molecule has 0 heterocycles. The summed E-state index contributed by atoms with van der Waals surface area (Å²) in [6, 6.07) is 14.6. The van der Waals surface area contributed by atoms with Gasteiger partial charge in [-0.3, -0.25) is 4.79 Å². The molecule has 170 valence electrons. The summed E-state index contributed by atoms with van der Waals surface area (Å²) in [6.07, 6.45) is -0.670. The molecule has 1 aliphatic rings. The highest BCUT2D eigenvalue weighted by atomic mass is 16.5. The second-order valence-electron chi connectivity index (χ2n) is 8.30. The standard InChI is InChI=1S/C24H29N3O5/c1-15(12-22(28)26-21(23(29)30)13-27(2)3)25-24(31)32-14-20-18-10-6-4-8-16(18)17-9-5-7-11-19(17)20/h4-11,15,20-21H,12-14H2,1-3H3,(H,25,31)(H,26,28)(H,29,30)/t15-,21?/m1/s1. The van der Waals surface area contributed by atoms with Crippen LogP contribution in [-0.2, 0) is 14.3 Å². The van der Waals surface area contributed by atoms with E-state index in [2.05, 4.69) is 22.8 Å². The molecule has 0 saturated heterocycles. The number of nitrogens with one attached hydrogen (secondary N) is 2. The van der Waals surface area contributed by atoms with Gasteiger partial charge in [0.05, 0.1) is 0 Å². The minimum atomic E-state index is -1.11. The maximum atomic E-state index is 12.3. The summed E-state index contributed by atoms with van der Waals surface area (Å²) < 4.78 is 5.48. The number of aliphatic carboxylic acids is 1. The molecule has 2 aromatic rings. The van der Waals surface area contributed by atoms with Crippen LogP contribution < -0.4 is 10.6 Å². The largest absolute Gasteiger partial charge is 0.480 e. The number of hydrogen-bond acceptors (Lipinski definition) is 5. The van der Waals surface area contributed by atoms with Crippen LogP contribution in [0.1, 0.15) is 30.4 Å². The molecule has 0 spiro atoms. The minimum absolute atomic E-state index is 0.0471. The van der Waals surface area contributed by atoms with E-state index in [1.165, 1.54) is 0 Å². The monoisotopic (exact) mass is 439 g/mol. The van der Waals surface area contributed by atoms with Crippen LogP contribution in [0.25, 0.3) is 11.1 Å². The van der Waals surface area contributed by atoms with Crippen molar-refractivity contribution in [2.75, 3.05) is 27.2 Å². The van der Waals surface area contributed by atoms with Crippen LogP contribution >= 0.6 is 0 Å². The first-order valence-electron chi connectivity index (χ1n) is 10.5. The molecule has 2 aromatic carbocycles. The number of fused-ring (bicyclic) bond motifs is 3.